The molecule has 2 heterocycles. The van der Waals surface area contributed by atoms with Gasteiger partial charge in [0, 0.05) is 25.9 Å². The zero-order valence-corrected chi connectivity index (χ0v) is 53.3. The molecule has 522 valence electrons. The molecule has 0 aromatic heterocycles. The topological polar surface area (TPSA) is 555 Å². The van der Waals surface area contributed by atoms with Gasteiger partial charge in [0.05, 0.1) is 38.5 Å². The molecule has 2 aliphatic rings. The Hall–Kier alpha value is -9.03. The first-order chi connectivity index (χ1) is 44.2. The van der Waals surface area contributed by atoms with Crippen LogP contribution < -0.4 is 53.6 Å². The van der Waals surface area contributed by atoms with Gasteiger partial charge in [-0.25, -0.2) is 4.79 Å². The molecule has 3 rings (SSSR count). The van der Waals surface area contributed by atoms with E-state index in [0.717, 1.165) is 9.80 Å². The molecule has 2 fully saturated rings. The summed E-state index contributed by atoms with van der Waals surface area (Å²) in [6.07, 6.45) is -2.68. The highest BCUT2D eigenvalue weighted by Gasteiger charge is 2.45. The minimum atomic E-state index is -2.24. The van der Waals surface area contributed by atoms with Crippen LogP contribution in [0.4, 0.5) is 0 Å². The standard InChI is InChI=1S/C58H86N12O23S/c1-28(2)21-34(48(82)61-33(58(92)93)17-20-94-5)62-53(87)39(27-72)67-55(89)46(29(3)4)68-51(85)35(22-30-11-7-6-8-12-30)63-47(81)32(15-16-42(73)74)60-49(83)36(24-44(77)78)64-50(84)37(25-45(79)80)65-52(86)38(26-71)66-54(88)40-13-9-18-69(40)57(91)41-14-10-19-70(41)56(90)31(59)23-43(75)76/h6-8,11-12,28-29,31-41,46,71-72H,9-10,13-27,59H2,1-5H3,(H,60,83)(H,61,82)(H,62,87)(H,63,81)(H,64,84)(H,65,86)(H,66,88)(H,67,89)(H,68,85)(H,73,74)(H,75,76)(H,77,78)(H,79,80)(H,92,93)/t31-,32-,33-,34-,35-,36-,37-,38-,39-,40-,41-,46-/m0/s1. The summed E-state index contributed by atoms with van der Waals surface area (Å²) in [4.78, 5) is 213. The third-order valence-corrected chi connectivity index (χ3v) is 15.7. The lowest BCUT2D eigenvalue weighted by Crippen LogP contribution is -2.62. The summed E-state index contributed by atoms with van der Waals surface area (Å²) in [6.45, 7) is 4.26. The fourth-order valence-corrected chi connectivity index (χ4v) is 10.6. The number of carboxylic acids is 5. The molecule has 35 nitrogen and oxygen atoms in total. The Labute approximate surface area is 543 Å². The van der Waals surface area contributed by atoms with Crippen molar-refractivity contribution in [1.29, 1.82) is 0 Å². The highest BCUT2D eigenvalue weighted by atomic mass is 32.2. The second kappa shape index (κ2) is 38.9. The Morgan fingerprint density at radius 2 is 0.957 bits per heavy atom. The predicted octanol–water partition coefficient (Wildman–Crippen LogP) is -5.29. The van der Waals surface area contributed by atoms with Crippen molar-refractivity contribution in [2.75, 3.05) is 38.3 Å². The number of nitrogens with two attached hydrogens (primary N) is 1. The Kier molecular flexibility index (Phi) is 32.7. The number of carbonyl (C=O) groups excluding carboxylic acids is 11. The van der Waals surface area contributed by atoms with Crippen molar-refractivity contribution in [3.63, 3.8) is 0 Å². The van der Waals surface area contributed by atoms with Crippen LogP contribution in [0.25, 0.3) is 0 Å². The van der Waals surface area contributed by atoms with E-state index in [2.05, 4.69) is 37.2 Å². The van der Waals surface area contributed by atoms with E-state index in [1.54, 1.807) is 50.4 Å². The number of hydrogen-bond acceptors (Lipinski definition) is 20. The summed E-state index contributed by atoms with van der Waals surface area (Å²) in [5, 5.41) is 89.1. The molecule has 2 saturated heterocycles. The van der Waals surface area contributed by atoms with E-state index in [1.165, 1.54) is 25.6 Å². The number of benzene rings is 1. The quantitative estimate of drug-likeness (QED) is 0.0292. The summed E-state index contributed by atoms with van der Waals surface area (Å²) in [7, 11) is 0. The van der Waals surface area contributed by atoms with Crippen molar-refractivity contribution < 1.29 is 112 Å². The first-order valence-electron chi connectivity index (χ1n) is 30.2. The Morgan fingerprint density at radius 1 is 0.511 bits per heavy atom. The third kappa shape index (κ3) is 25.5. The molecule has 2 aliphatic heterocycles. The second-order valence-electron chi connectivity index (χ2n) is 23.2. The fourth-order valence-electron chi connectivity index (χ4n) is 10.2. The van der Waals surface area contributed by atoms with E-state index in [0.29, 0.717) is 17.7 Å². The number of aliphatic carboxylic acids is 5. The maximum absolute atomic E-state index is 14.4. The maximum Gasteiger partial charge on any atom is 0.326 e. The van der Waals surface area contributed by atoms with E-state index >= 15 is 0 Å². The second-order valence-corrected chi connectivity index (χ2v) is 24.2. The van der Waals surface area contributed by atoms with E-state index < -0.39 is 219 Å². The number of carbonyl (C=O) groups is 16. The molecular weight excluding hydrogens is 1260 g/mol. The average Bonchev–Trinajstić information content (AvgIpc) is 1.63. The van der Waals surface area contributed by atoms with Crippen molar-refractivity contribution in [3.8, 4) is 0 Å². The van der Waals surface area contributed by atoms with Gasteiger partial charge in [0.2, 0.25) is 65.0 Å². The first kappa shape index (κ1) is 79.2. The molecule has 18 N–H and O–H groups in total. The molecule has 36 heteroatoms. The first-order valence-corrected chi connectivity index (χ1v) is 31.6. The highest BCUT2D eigenvalue weighted by Crippen LogP contribution is 2.26. The molecule has 0 unspecified atom stereocenters. The van der Waals surface area contributed by atoms with Gasteiger partial charge < -0.3 is 99.1 Å². The summed E-state index contributed by atoms with van der Waals surface area (Å²) >= 11 is 1.34. The molecular formula is C58H86N12O23S. The van der Waals surface area contributed by atoms with Crippen molar-refractivity contribution in [3.05, 3.63) is 35.9 Å². The summed E-state index contributed by atoms with van der Waals surface area (Å²) in [6, 6.07) is -12.0. The van der Waals surface area contributed by atoms with Gasteiger partial charge in [0.1, 0.15) is 66.5 Å². The van der Waals surface area contributed by atoms with Crippen LogP contribution in [0.2, 0.25) is 0 Å². The highest BCUT2D eigenvalue weighted by molar-refractivity contribution is 7.98. The van der Waals surface area contributed by atoms with Crippen molar-refractivity contribution in [2.24, 2.45) is 17.6 Å². The minimum absolute atomic E-state index is 0.00190. The summed E-state index contributed by atoms with van der Waals surface area (Å²) < 4.78 is 0. The number of carboxylic acid groups (broad SMARTS) is 5. The fraction of sp³-hybridized carbons (Fsp3) is 0.621. The Bertz CT molecular complexity index is 2900. The van der Waals surface area contributed by atoms with Crippen molar-refractivity contribution >= 4 is 107 Å². The van der Waals surface area contributed by atoms with Gasteiger partial charge in [0.15, 0.2) is 0 Å². The smallest absolute Gasteiger partial charge is 0.326 e. The van der Waals surface area contributed by atoms with Gasteiger partial charge in [-0.2, -0.15) is 11.8 Å². The molecule has 0 spiro atoms. The number of amides is 11. The molecule has 0 aliphatic carbocycles. The third-order valence-electron chi connectivity index (χ3n) is 15.0. The average molecular weight is 1350 g/mol. The largest absolute Gasteiger partial charge is 0.481 e. The monoisotopic (exact) mass is 1350 g/mol. The predicted molar refractivity (Wildman–Crippen MR) is 328 cm³/mol. The van der Waals surface area contributed by atoms with Gasteiger partial charge in [-0.1, -0.05) is 58.0 Å². The lowest BCUT2D eigenvalue weighted by atomic mass is 10.00. The molecule has 1 aromatic carbocycles. The number of likely N-dealkylation sites (tertiary alicyclic amines) is 2. The van der Waals surface area contributed by atoms with E-state index in [4.69, 9.17) is 10.8 Å². The van der Waals surface area contributed by atoms with Crippen LogP contribution in [0.15, 0.2) is 30.3 Å². The van der Waals surface area contributed by atoms with Gasteiger partial charge in [-0.3, -0.25) is 71.9 Å². The molecule has 0 radical (unpaired) electrons. The number of aliphatic hydroxyl groups excluding tert-OH is 2. The van der Waals surface area contributed by atoms with E-state index in [9.17, 15) is 107 Å². The normalized spacial score (nSPS) is 17.6. The van der Waals surface area contributed by atoms with Crippen LogP contribution in [0, 0.1) is 11.8 Å². The van der Waals surface area contributed by atoms with Gasteiger partial charge in [-0.05, 0) is 74.4 Å². The van der Waals surface area contributed by atoms with Crippen molar-refractivity contribution in [2.45, 2.75) is 177 Å². The Balaban J connectivity index is 1.85. The zero-order valence-electron chi connectivity index (χ0n) is 52.5. The van der Waals surface area contributed by atoms with Crippen LogP contribution >= 0.6 is 11.8 Å². The number of aliphatic hydroxyl groups is 2. The van der Waals surface area contributed by atoms with Crippen LogP contribution in [-0.2, 0) is 83.1 Å². The molecule has 0 bridgehead atoms. The molecule has 94 heavy (non-hydrogen) atoms. The van der Waals surface area contributed by atoms with E-state index in [-0.39, 0.29) is 57.5 Å². The molecule has 11 amide bonds. The van der Waals surface area contributed by atoms with Gasteiger partial charge in [0.25, 0.3) is 0 Å². The SMILES string of the molecule is CSCC[C@H](NC(=O)[C@H](CC(C)C)NC(=O)[C@H](CO)NC(=O)[C@@H](NC(=O)[C@H](Cc1ccccc1)NC(=O)[C@H](CCC(=O)O)NC(=O)[C@H](CC(=O)O)NC(=O)[C@H](CC(=O)O)NC(=O)[C@H](CO)NC(=O)[C@@H]1CCCN1C(=O)[C@@H]1CCCN1C(=O)[C@@H](N)CC(=O)O)C(C)C)C(=O)O. The Morgan fingerprint density at radius 3 is 1.46 bits per heavy atom. The summed E-state index contributed by atoms with van der Waals surface area (Å²) in [5.74, 6) is -20.6. The molecule has 12 atom stereocenters. The maximum atomic E-state index is 14.4. The van der Waals surface area contributed by atoms with Gasteiger partial charge >= 0.3 is 29.8 Å². The molecule has 0 saturated carbocycles. The van der Waals surface area contributed by atoms with Crippen LogP contribution in [0.5, 0.6) is 0 Å². The number of thioether (sulfide) groups is 1. The van der Waals surface area contributed by atoms with Crippen molar-refractivity contribution in [1.82, 2.24) is 57.7 Å². The van der Waals surface area contributed by atoms with E-state index in [1.807, 2.05) is 10.6 Å². The van der Waals surface area contributed by atoms with Gasteiger partial charge in [-0.15, -0.1) is 0 Å². The minimum Gasteiger partial charge on any atom is -0.481 e. The van der Waals surface area contributed by atoms with Crippen LogP contribution in [-0.4, -0.2) is 251 Å². The number of nitrogens with zero attached hydrogens (tertiary/aromatic N) is 2. The number of nitrogens with one attached hydrogen (secondary N) is 9. The lowest BCUT2D eigenvalue weighted by Gasteiger charge is -2.32. The molecule has 1 aromatic rings. The number of hydrogen-bond donors (Lipinski definition) is 17. The van der Waals surface area contributed by atoms with Crippen LogP contribution in [0.1, 0.15) is 104 Å². The van der Waals surface area contributed by atoms with Crippen LogP contribution in [0.3, 0.4) is 0 Å². The zero-order chi connectivity index (χ0) is 70.7. The number of rotatable bonds is 40. The lowest BCUT2D eigenvalue weighted by molar-refractivity contribution is -0.148. The summed E-state index contributed by atoms with van der Waals surface area (Å²) in [5.41, 5.74) is 6.18.